The van der Waals surface area contributed by atoms with Crippen LogP contribution < -0.4 is 5.73 Å². The molecule has 3 N–H and O–H groups in total. The fourth-order valence-corrected chi connectivity index (χ4v) is 3.87. The standard InChI is InChI=1S/C27H43NO3/c1-3-4-5-6-7-8-9-10-11-12-13-14-15-16-17-24(26(30)27(28)31)25(29)23-20-18-22(2)19-21-23/h18-21,29H,3-17H2,1-2H3,(H2,28,31). The molecule has 4 heteroatoms. The van der Waals surface area contributed by atoms with Gasteiger partial charge in [0.1, 0.15) is 5.76 Å². The van der Waals surface area contributed by atoms with Crippen LogP contribution in [0.4, 0.5) is 0 Å². The van der Waals surface area contributed by atoms with Gasteiger partial charge >= 0.3 is 0 Å². The highest BCUT2D eigenvalue weighted by atomic mass is 16.3. The zero-order chi connectivity index (χ0) is 22.9. The van der Waals surface area contributed by atoms with Crippen molar-refractivity contribution in [3.63, 3.8) is 0 Å². The second-order valence-corrected chi connectivity index (χ2v) is 8.73. The molecule has 0 heterocycles. The lowest BCUT2D eigenvalue weighted by Gasteiger charge is -2.09. The van der Waals surface area contributed by atoms with Crippen LogP contribution in [0.15, 0.2) is 29.8 Å². The molecule has 1 rings (SSSR count). The summed E-state index contributed by atoms with van der Waals surface area (Å²) in [4.78, 5) is 23.6. The van der Waals surface area contributed by atoms with Crippen LogP contribution in [0.3, 0.4) is 0 Å². The summed E-state index contributed by atoms with van der Waals surface area (Å²) < 4.78 is 0. The van der Waals surface area contributed by atoms with Crippen molar-refractivity contribution in [1.29, 1.82) is 0 Å². The Kier molecular flexibility index (Phi) is 14.4. The number of aliphatic hydroxyl groups is 1. The summed E-state index contributed by atoms with van der Waals surface area (Å²) in [5, 5.41) is 10.5. The Balaban J connectivity index is 2.26. The van der Waals surface area contributed by atoms with Crippen molar-refractivity contribution < 1.29 is 14.7 Å². The topological polar surface area (TPSA) is 80.4 Å². The first-order chi connectivity index (χ1) is 15.0. The third-order valence-corrected chi connectivity index (χ3v) is 5.89. The summed E-state index contributed by atoms with van der Waals surface area (Å²) >= 11 is 0. The molecule has 0 saturated carbocycles. The van der Waals surface area contributed by atoms with Crippen LogP contribution in [0.2, 0.25) is 0 Å². The Morgan fingerprint density at radius 3 is 1.58 bits per heavy atom. The number of Topliss-reactive ketones (excluding diaryl/α,β-unsaturated/α-hetero) is 1. The molecule has 0 fully saturated rings. The summed E-state index contributed by atoms with van der Waals surface area (Å²) in [6.07, 6.45) is 17.9. The lowest BCUT2D eigenvalue weighted by Crippen LogP contribution is -2.25. The highest BCUT2D eigenvalue weighted by Gasteiger charge is 2.20. The van der Waals surface area contributed by atoms with Crippen molar-refractivity contribution in [2.75, 3.05) is 0 Å². The molecule has 0 saturated heterocycles. The average Bonchev–Trinajstić information content (AvgIpc) is 2.76. The van der Waals surface area contributed by atoms with Crippen LogP contribution in [0.5, 0.6) is 0 Å². The van der Waals surface area contributed by atoms with Gasteiger partial charge in [-0.25, -0.2) is 0 Å². The summed E-state index contributed by atoms with van der Waals surface area (Å²) in [6, 6.07) is 7.24. The molecule has 0 atom stereocenters. The van der Waals surface area contributed by atoms with Crippen LogP contribution in [-0.2, 0) is 9.59 Å². The highest BCUT2D eigenvalue weighted by molar-refractivity contribution is 6.43. The van der Waals surface area contributed by atoms with Crippen molar-refractivity contribution in [3.05, 3.63) is 41.0 Å². The quantitative estimate of drug-likeness (QED) is 0.112. The first-order valence-corrected chi connectivity index (χ1v) is 12.3. The maximum Gasteiger partial charge on any atom is 0.289 e. The van der Waals surface area contributed by atoms with Gasteiger partial charge in [0.2, 0.25) is 5.78 Å². The van der Waals surface area contributed by atoms with Crippen LogP contribution in [-0.4, -0.2) is 16.8 Å². The number of unbranched alkanes of at least 4 members (excludes halogenated alkanes) is 13. The second-order valence-electron chi connectivity index (χ2n) is 8.73. The first kappa shape index (κ1) is 26.9. The number of amides is 1. The Bertz CT molecular complexity index is 676. The molecular formula is C27H43NO3. The van der Waals surface area contributed by atoms with Gasteiger partial charge in [-0.3, -0.25) is 9.59 Å². The Morgan fingerprint density at radius 2 is 1.16 bits per heavy atom. The van der Waals surface area contributed by atoms with E-state index in [1.807, 2.05) is 19.1 Å². The molecule has 0 unspecified atom stereocenters. The van der Waals surface area contributed by atoms with Crippen molar-refractivity contribution >= 4 is 17.4 Å². The van der Waals surface area contributed by atoms with E-state index in [1.54, 1.807) is 12.1 Å². The van der Waals surface area contributed by atoms with Crippen molar-refractivity contribution in [3.8, 4) is 0 Å². The number of aliphatic hydroxyl groups excluding tert-OH is 1. The van der Waals surface area contributed by atoms with Gasteiger partial charge in [-0.15, -0.1) is 0 Å². The summed E-state index contributed by atoms with van der Waals surface area (Å²) in [5.74, 6) is -1.93. The number of nitrogens with two attached hydrogens (primary N) is 1. The number of carbonyl (C=O) groups is 2. The Hall–Kier alpha value is -2.10. The van der Waals surface area contributed by atoms with E-state index in [9.17, 15) is 14.7 Å². The van der Waals surface area contributed by atoms with Gasteiger partial charge in [0, 0.05) is 11.1 Å². The lowest BCUT2D eigenvalue weighted by molar-refractivity contribution is -0.133. The zero-order valence-corrected chi connectivity index (χ0v) is 19.8. The molecule has 0 aromatic heterocycles. The molecule has 0 bridgehead atoms. The molecule has 0 spiro atoms. The van der Waals surface area contributed by atoms with Crippen molar-refractivity contribution in [1.82, 2.24) is 0 Å². The van der Waals surface area contributed by atoms with E-state index in [0.29, 0.717) is 12.0 Å². The number of aryl methyl sites for hydroxylation is 1. The minimum Gasteiger partial charge on any atom is -0.507 e. The van der Waals surface area contributed by atoms with Gasteiger partial charge in [-0.2, -0.15) is 0 Å². The number of carbonyl (C=O) groups excluding carboxylic acids is 2. The predicted molar refractivity (Wildman–Crippen MR) is 130 cm³/mol. The highest BCUT2D eigenvalue weighted by Crippen LogP contribution is 2.22. The summed E-state index contributed by atoms with van der Waals surface area (Å²) in [7, 11) is 0. The number of benzene rings is 1. The minimum absolute atomic E-state index is 0.126. The Labute approximate surface area is 189 Å². The van der Waals surface area contributed by atoms with Crippen molar-refractivity contribution in [2.45, 2.75) is 110 Å². The molecule has 1 amide bonds. The first-order valence-electron chi connectivity index (χ1n) is 12.3. The smallest absolute Gasteiger partial charge is 0.289 e. The lowest BCUT2D eigenvalue weighted by atomic mass is 9.97. The van der Waals surface area contributed by atoms with E-state index >= 15 is 0 Å². The van der Waals surface area contributed by atoms with E-state index in [1.165, 1.54) is 70.6 Å². The fourth-order valence-electron chi connectivity index (χ4n) is 3.87. The minimum atomic E-state index is -1.01. The molecule has 0 radical (unpaired) electrons. The van der Waals surface area contributed by atoms with E-state index in [-0.39, 0.29) is 11.3 Å². The van der Waals surface area contributed by atoms with Gasteiger partial charge in [0.15, 0.2) is 0 Å². The number of hydrogen-bond acceptors (Lipinski definition) is 3. The van der Waals surface area contributed by atoms with Crippen molar-refractivity contribution in [2.24, 2.45) is 5.73 Å². The van der Waals surface area contributed by atoms with Crippen LogP contribution in [0.25, 0.3) is 5.76 Å². The molecule has 1 aromatic rings. The SMILES string of the molecule is CCCCCCCCCCCCCCCCC(C(=O)C(N)=O)=C(O)c1ccc(C)cc1. The summed E-state index contributed by atoms with van der Waals surface area (Å²) in [6.45, 7) is 4.21. The maximum absolute atomic E-state index is 12.2. The second kappa shape index (κ2) is 16.6. The number of primary amides is 1. The van der Waals surface area contributed by atoms with Crippen LogP contribution in [0.1, 0.15) is 114 Å². The van der Waals surface area contributed by atoms with Crippen LogP contribution >= 0.6 is 0 Å². The molecule has 31 heavy (non-hydrogen) atoms. The molecule has 0 aliphatic heterocycles. The normalized spacial score (nSPS) is 11.9. The largest absolute Gasteiger partial charge is 0.507 e. The number of ketones is 1. The average molecular weight is 430 g/mol. The third kappa shape index (κ3) is 11.8. The zero-order valence-electron chi connectivity index (χ0n) is 19.8. The summed E-state index contributed by atoms with van der Waals surface area (Å²) in [5.41, 5.74) is 6.93. The predicted octanol–water partition coefficient (Wildman–Crippen LogP) is 7.19. The Morgan fingerprint density at radius 1 is 0.742 bits per heavy atom. The molecule has 4 nitrogen and oxygen atoms in total. The van der Waals surface area contributed by atoms with E-state index in [2.05, 4.69) is 6.92 Å². The van der Waals surface area contributed by atoms with E-state index in [4.69, 9.17) is 5.73 Å². The number of rotatable bonds is 18. The van der Waals surface area contributed by atoms with Crippen LogP contribution in [0, 0.1) is 6.92 Å². The fraction of sp³-hybridized carbons (Fsp3) is 0.630. The molecule has 1 aromatic carbocycles. The van der Waals surface area contributed by atoms with Gasteiger partial charge in [0.25, 0.3) is 5.91 Å². The molecule has 0 aliphatic carbocycles. The van der Waals surface area contributed by atoms with Gasteiger partial charge < -0.3 is 10.8 Å². The van der Waals surface area contributed by atoms with Gasteiger partial charge in [0.05, 0.1) is 0 Å². The third-order valence-electron chi connectivity index (χ3n) is 5.89. The van der Waals surface area contributed by atoms with E-state index < -0.39 is 11.7 Å². The maximum atomic E-state index is 12.2. The van der Waals surface area contributed by atoms with Gasteiger partial charge in [-0.05, 0) is 19.8 Å². The molecule has 174 valence electrons. The molecule has 0 aliphatic rings. The van der Waals surface area contributed by atoms with Gasteiger partial charge in [-0.1, -0.05) is 120 Å². The monoisotopic (exact) mass is 429 g/mol. The molecular weight excluding hydrogens is 386 g/mol. The number of hydrogen-bond donors (Lipinski definition) is 2. The van der Waals surface area contributed by atoms with E-state index in [0.717, 1.165) is 24.8 Å².